The molecule has 0 atom stereocenters. The van der Waals surface area contributed by atoms with Crippen molar-refractivity contribution in [3.05, 3.63) is 58.6 Å². The molecule has 0 aromatic heterocycles. The van der Waals surface area contributed by atoms with Gasteiger partial charge in [-0.05, 0) is 50.2 Å². The third-order valence-electron chi connectivity index (χ3n) is 2.55. The largest absolute Gasteiger partial charge is 0.491 e. The lowest BCUT2D eigenvalue weighted by Crippen LogP contribution is -2.12. The van der Waals surface area contributed by atoms with Gasteiger partial charge in [-0.3, -0.25) is 4.79 Å². The summed E-state index contributed by atoms with van der Waals surface area (Å²) in [4.78, 5) is 12.2. The molecule has 0 fully saturated rings. The Morgan fingerprint density at radius 2 is 1.90 bits per heavy atom. The highest BCUT2D eigenvalue weighted by molar-refractivity contribution is 9.10. The number of halogens is 1. The van der Waals surface area contributed by atoms with Crippen LogP contribution in [0.5, 0.6) is 5.75 Å². The molecule has 0 unspecified atom stereocenters. The second kappa shape index (κ2) is 6.57. The fraction of sp³-hybridized carbons (Fsp3) is 0.188. The van der Waals surface area contributed by atoms with Crippen molar-refractivity contribution in [3.63, 3.8) is 0 Å². The number of carbonyl (C=O) groups excluding carboxylic acids is 1. The number of nitrogens with one attached hydrogen (secondary N) is 1. The molecule has 0 radical (unpaired) electrons. The van der Waals surface area contributed by atoms with Crippen molar-refractivity contribution in [3.8, 4) is 5.75 Å². The van der Waals surface area contributed by atoms with Gasteiger partial charge < -0.3 is 10.1 Å². The van der Waals surface area contributed by atoms with E-state index in [1.165, 1.54) is 0 Å². The summed E-state index contributed by atoms with van der Waals surface area (Å²) in [7, 11) is 0. The number of anilines is 1. The summed E-state index contributed by atoms with van der Waals surface area (Å²) in [5.41, 5.74) is 1.32. The fourth-order valence-electron chi connectivity index (χ4n) is 1.75. The van der Waals surface area contributed by atoms with Crippen LogP contribution in [0.3, 0.4) is 0 Å². The van der Waals surface area contributed by atoms with Crippen LogP contribution in [0.15, 0.2) is 53.0 Å². The number of rotatable bonds is 4. The highest BCUT2D eigenvalue weighted by Gasteiger charge is 2.08. The number of ether oxygens (including phenoxy) is 1. The first kappa shape index (κ1) is 14.6. The molecule has 0 spiro atoms. The van der Waals surface area contributed by atoms with Gasteiger partial charge in [0.1, 0.15) is 5.75 Å². The molecule has 0 saturated carbocycles. The van der Waals surface area contributed by atoms with Crippen LogP contribution in [0.1, 0.15) is 24.2 Å². The standard InChI is InChI=1S/C16H16BrNO2/c1-11(2)20-15-8-3-5-12(9-15)16(19)18-14-7-4-6-13(17)10-14/h3-11H,1-2H3,(H,18,19). The third-order valence-corrected chi connectivity index (χ3v) is 3.04. The summed E-state index contributed by atoms with van der Waals surface area (Å²) in [6.07, 6.45) is 0.0818. The molecule has 3 nitrogen and oxygen atoms in total. The first-order chi connectivity index (χ1) is 9.54. The van der Waals surface area contributed by atoms with Crippen LogP contribution in [0, 0.1) is 0 Å². The van der Waals surface area contributed by atoms with Crippen LogP contribution in [0.2, 0.25) is 0 Å². The predicted octanol–water partition coefficient (Wildman–Crippen LogP) is 4.49. The van der Waals surface area contributed by atoms with E-state index in [1.807, 2.05) is 50.2 Å². The van der Waals surface area contributed by atoms with Gasteiger partial charge in [-0.1, -0.05) is 28.1 Å². The molecule has 2 rings (SSSR count). The fourth-order valence-corrected chi connectivity index (χ4v) is 2.15. The van der Waals surface area contributed by atoms with Crippen LogP contribution in [-0.2, 0) is 0 Å². The Labute approximate surface area is 127 Å². The van der Waals surface area contributed by atoms with E-state index in [1.54, 1.807) is 12.1 Å². The lowest BCUT2D eigenvalue weighted by atomic mass is 10.2. The van der Waals surface area contributed by atoms with Crippen LogP contribution in [0.25, 0.3) is 0 Å². The van der Waals surface area contributed by atoms with Crippen molar-refractivity contribution >= 4 is 27.5 Å². The summed E-state index contributed by atoms with van der Waals surface area (Å²) in [5, 5.41) is 2.86. The van der Waals surface area contributed by atoms with Crippen molar-refractivity contribution in [1.29, 1.82) is 0 Å². The minimum Gasteiger partial charge on any atom is -0.491 e. The molecule has 0 heterocycles. The number of carbonyl (C=O) groups is 1. The molecule has 0 bridgehead atoms. The molecule has 2 aromatic rings. The lowest BCUT2D eigenvalue weighted by Gasteiger charge is -2.11. The van der Waals surface area contributed by atoms with Crippen LogP contribution < -0.4 is 10.1 Å². The van der Waals surface area contributed by atoms with E-state index in [0.717, 1.165) is 10.2 Å². The topological polar surface area (TPSA) is 38.3 Å². The number of amides is 1. The molecule has 1 amide bonds. The third kappa shape index (κ3) is 4.10. The first-order valence-electron chi connectivity index (χ1n) is 6.38. The van der Waals surface area contributed by atoms with Crippen LogP contribution in [-0.4, -0.2) is 12.0 Å². The summed E-state index contributed by atoms with van der Waals surface area (Å²) >= 11 is 3.38. The summed E-state index contributed by atoms with van der Waals surface area (Å²) in [6.45, 7) is 3.91. The van der Waals surface area contributed by atoms with Gasteiger partial charge in [-0.15, -0.1) is 0 Å². The smallest absolute Gasteiger partial charge is 0.255 e. The van der Waals surface area contributed by atoms with E-state index in [9.17, 15) is 4.79 Å². The summed E-state index contributed by atoms with van der Waals surface area (Å²) < 4.78 is 6.51. The summed E-state index contributed by atoms with van der Waals surface area (Å²) in [5.74, 6) is 0.541. The van der Waals surface area contributed by atoms with E-state index in [4.69, 9.17) is 4.74 Å². The zero-order valence-corrected chi connectivity index (χ0v) is 13.0. The van der Waals surface area contributed by atoms with Crippen molar-refractivity contribution < 1.29 is 9.53 Å². The molecule has 20 heavy (non-hydrogen) atoms. The van der Waals surface area contributed by atoms with Gasteiger partial charge in [0.05, 0.1) is 6.10 Å². The SMILES string of the molecule is CC(C)Oc1cccc(C(=O)Nc2cccc(Br)c2)c1. The maximum absolute atomic E-state index is 12.2. The van der Waals surface area contributed by atoms with E-state index >= 15 is 0 Å². The number of benzene rings is 2. The second-order valence-corrected chi connectivity index (χ2v) is 5.57. The molecule has 2 aromatic carbocycles. The Hall–Kier alpha value is -1.81. The molecular weight excluding hydrogens is 318 g/mol. The second-order valence-electron chi connectivity index (χ2n) is 4.66. The highest BCUT2D eigenvalue weighted by atomic mass is 79.9. The molecular formula is C16H16BrNO2. The Morgan fingerprint density at radius 3 is 2.60 bits per heavy atom. The zero-order valence-electron chi connectivity index (χ0n) is 11.4. The molecule has 1 N–H and O–H groups in total. The normalized spacial score (nSPS) is 10.4. The Bertz CT molecular complexity index is 611. The molecule has 4 heteroatoms. The maximum atomic E-state index is 12.2. The Morgan fingerprint density at radius 1 is 1.15 bits per heavy atom. The van der Waals surface area contributed by atoms with Gasteiger partial charge in [-0.2, -0.15) is 0 Å². The minimum absolute atomic E-state index is 0.0818. The van der Waals surface area contributed by atoms with Gasteiger partial charge in [0, 0.05) is 15.7 Å². The first-order valence-corrected chi connectivity index (χ1v) is 7.17. The van der Waals surface area contributed by atoms with Crippen molar-refractivity contribution in [2.45, 2.75) is 20.0 Å². The minimum atomic E-state index is -0.155. The molecule has 0 aliphatic carbocycles. The van der Waals surface area contributed by atoms with Gasteiger partial charge in [0.15, 0.2) is 0 Å². The van der Waals surface area contributed by atoms with Gasteiger partial charge >= 0.3 is 0 Å². The number of hydrogen-bond acceptors (Lipinski definition) is 2. The summed E-state index contributed by atoms with van der Waals surface area (Å²) in [6, 6.07) is 14.6. The van der Waals surface area contributed by atoms with Crippen LogP contribution in [0.4, 0.5) is 5.69 Å². The number of hydrogen-bond donors (Lipinski definition) is 1. The molecule has 0 aliphatic heterocycles. The van der Waals surface area contributed by atoms with E-state index < -0.39 is 0 Å². The zero-order chi connectivity index (χ0) is 14.5. The quantitative estimate of drug-likeness (QED) is 0.895. The van der Waals surface area contributed by atoms with E-state index in [-0.39, 0.29) is 12.0 Å². The Balaban J connectivity index is 2.13. The molecule has 104 valence electrons. The predicted molar refractivity (Wildman–Crippen MR) is 84.3 cm³/mol. The average molecular weight is 334 g/mol. The van der Waals surface area contributed by atoms with Gasteiger partial charge in [-0.25, -0.2) is 0 Å². The van der Waals surface area contributed by atoms with Crippen molar-refractivity contribution in [1.82, 2.24) is 0 Å². The van der Waals surface area contributed by atoms with E-state index in [2.05, 4.69) is 21.2 Å². The van der Waals surface area contributed by atoms with Gasteiger partial charge in [0.2, 0.25) is 0 Å². The maximum Gasteiger partial charge on any atom is 0.255 e. The van der Waals surface area contributed by atoms with Crippen molar-refractivity contribution in [2.24, 2.45) is 0 Å². The highest BCUT2D eigenvalue weighted by Crippen LogP contribution is 2.18. The van der Waals surface area contributed by atoms with E-state index in [0.29, 0.717) is 11.3 Å². The molecule has 0 aliphatic rings. The van der Waals surface area contributed by atoms with Gasteiger partial charge in [0.25, 0.3) is 5.91 Å². The Kier molecular flexibility index (Phi) is 4.79. The average Bonchev–Trinajstić information content (AvgIpc) is 2.38. The molecule has 0 saturated heterocycles. The van der Waals surface area contributed by atoms with Crippen molar-refractivity contribution in [2.75, 3.05) is 5.32 Å². The lowest BCUT2D eigenvalue weighted by molar-refractivity contribution is 0.102. The van der Waals surface area contributed by atoms with Crippen LogP contribution >= 0.6 is 15.9 Å². The monoisotopic (exact) mass is 333 g/mol.